The molecule has 0 fully saturated rings. The second kappa shape index (κ2) is 7.64. The maximum absolute atomic E-state index is 13.3. The van der Waals surface area contributed by atoms with Crippen LogP contribution in [0.25, 0.3) is 0 Å². The van der Waals surface area contributed by atoms with Gasteiger partial charge in [0.2, 0.25) is 0 Å². The minimum Gasteiger partial charge on any atom is -0.396 e. The number of nitrogens with one attached hydrogen (secondary N) is 1. The van der Waals surface area contributed by atoms with Crippen molar-refractivity contribution in [2.75, 3.05) is 19.7 Å². The zero-order valence-corrected chi connectivity index (χ0v) is 10.9. The number of hydrogen-bond acceptors (Lipinski definition) is 2. The van der Waals surface area contributed by atoms with Crippen LogP contribution in [-0.2, 0) is 6.42 Å². The minimum absolute atomic E-state index is 0.204. The van der Waals surface area contributed by atoms with E-state index in [2.05, 4.69) is 5.32 Å². The van der Waals surface area contributed by atoms with Crippen LogP contribution < -0.4 is 5.32 Å². The third kappa shape index (κ3) is 5.02. The van der Waals surface area contributed by atoms with Crippen molar-refractivity contribution < 1.29 is 9.50 Å². The van der Waals surface area contributed by atoms with Crippen molar-refractivity contribution in [2.24, 2.45) is 0 Å². The highest BCUT2D eigenvalue weighted by Crippen LogP contribution is 2.20. The Kier molecular flexibility index (Phi) is 6.48. The van der Waals surface area contributed by atoms with E-state index in [1.807, 2.05) is 0 Å². The van der Waals surface area contributed by atoms with Crippen molar-refractivity contribution >= 4 is 11.6 Å². The molecule has 1 aromatic carbocycles. The van der Waals surface area contributed by atoms with Gasteiger partial charge in [0.15, 0.2) is 0 Å². The van der Waals surface area contributed by atoms with Crippen LogP contribution in [0.5, 0.6) is 0 Å². The number of rotatable bonds is 7. The first-order valence-electron chi connectivity index (χ1n) is 5.91. The monoisotopic (exact) mass is 259 g/mol. The van der Waals surface area contributed by atoms with Gasteiger partial charge in [0.05, 0.1) is 0 Å². The molecule has 0 aliphatic heterocycles. The summed E-state index contributed by atoms with van der Waals surface area (Å²) < 4.78 is 13.3. The molecule has 0 amide bonds. The Hall–Kier alpha value is -0.640. The van der Waals surface area contributed by atoms with E-state index in [-0.39, 0.29) is 12.4 Å². The summed E-state index contributed by atoms with van der Waals surface area (Å²) in [4.78, 5) is 0. The molecule has 2 N–H and O–H groups in total. The SMILES string of the molecule is Cc1cc(Cl)c(CCNCCCCO)cc1F. The van der Waals surface area contributed by atoms with Crippen molar-refractivity contribution in [1.82, 2.24) is 5.32 Å². The standard InChI is InChI=1S/C13H19ClFNO/c1-10-8-12(14)11(9-13(10)15)4-6-16-5-2-3-7-17/h8-9,16-17H,2-7H2,1H3. The van der Waals surface area contributed by atoms with Crippen LogP contribution in [0.15, 0.2) is 12.1 Å². The molecule has 0 bridgehead atoms. The molecule has 0 heterocycles. The van der Waals surface area contributed by atoms with Gasteiger partial charge in [-0.25, -0.2) is 4.39 Å². The molecule has 0 aromatic heterocycles. The van der Waals surface area contributed by atoms with Crippen LogP contribution in [0.2, 0.25) is 5.02 Å². The van der Waals surface area contributed by atoms with E-state index in [9.17, 15) is 4.39 Å². The number of aliphatic hydroxyl groups is 1. The summed E-state index contributed by atoms with van der Waals surface area (Å²) in [7, 11) is 0. The minimum atomic E-state index is -0.204. The Morgan fingerprint density at radius 2 is 2.06 bits per heavy atom. The number of benzene rings is 1. The molecule has 17 heavy (non-hydrogen) atoms. The summed E-state index contributed by atoms with van der Waals surface area (Å²) in [5, 5.41) is 12.5. The smallest absolute Gasteiger partial charge is 0.126 e. The van der Waals surface area contributed by atoms with Gasteiger partial charge in [-0.3, -0.25) is 0 Å². The fourth-order valence-corrected chi connectivity index (χ4v) is 1.90. The van der Waals surface area contributed by atoms with E-state index in [0.29, 0.717) is 10.6 Å². The molecule has 0 saturated heterocycles. The Bertz CT molecular complexity index is 358. The molecule has 1 rings (SSSR count). The number of unbranched alkanes of at least 4 members (excludes halogenated alkanes) is 1. The Morgan fingerprint density at radius 3 is 2.76 bits per heavy atom. The topological polar surface area (TPSA) is 32.3 Å². The summed E-state index contributed by atoms with van der Waals surface area (Å²) >= 11 is 6.04. The molecular formula is C13H19ClFNO. The molecule has 0 atom stereocenters. The van der Waals surface area contributed by atoms with Gasteiger partial charge in [0.25, 0.3) is 0 Å². The van der Waals surface area contributed by atoms with Crippen molar-refractivity contribution in [3.63, 3.8) is 0 Å². The maximum atomic E-state index is 13.3. The first-order valence-corrected chi connectivity index (χ1v) is 6.29. The van der Waals surface area contributed by atoms with Gasteiger partial charge >= 0.3 is 0 Å². The fourth-order valence-electron chi connectivity index (χ4n) is 1.59. The molecule has 0 aliphatic carbocycles. The molecule has 2 nitrogen and oxygen atoms in total. The summed E-state index contributed by atoms with van der Waals surface area (Å²) in [6, 6.07) is 3.17. The van der Waals surface area contributed by atoms with E-state index in [1.165, 1.54) is 6.07 Å². The maximum Gasteiger partial charge on any atom is 0.126 e. The second-order valence-corrected chi connectivity index (χ2v) is 4.53. The van der Waals surface area contributed by atoms with Crippen LogP contribution in [0, 0.1) is 12.7 Å². The molecule has 4 heteroatoms. The average Bonchev–Trinajstić information content (AvgIpc) is 2.30. The van der Waals surface area contributed by atoms with Crippen molar-refractivity contribution in [3.8, 4) is 0 Å². The summed E-state index contributed by atoms with van der Waals surface area (Å²) in [5.74, 6) is -0.204. The normalized spacial score (nSPS) is 10.8. The van der Waals surface area contributed by atoms with Crippen molar-refractivity contribution in [2.45, 2.75) is 26.2 Å². The van der Waals surface area contributed by atoms with Gasteiger partial charge in [-0.05, 0) is 62.5 Å². The Labute approximate surface area is 107 Å². The molecule has 0 radical (unpaired) electrons. The van der Waals surface area contributed by atoms with Crippen LogP contribution in [-0.4, -0.2) is 24.8 Å². The summed E-state index contributed by atoms with van der Waals surface area (Å²) in [5.41, 5.74) is 1.42. The first-order chi connectivity index (χ1) is 8.15. The Morgan fingerprint density at radius 1 is 1.29 bits per heavy atom. The number of aryl methyl sites for hydroxylation is 1. The number of halogens is 2. The lowest BCUT2D eigenvalue weighted by Gasteiger charge is -2.07. The van der Waals surface area contributed by atoms with Gasteiger partial charge < -0.3 is 10.4 Å². The van der Waals surface area contributed by atoms with E-state index in [4.69, 9.17) is 16.7 Å². The lowest BCUT2D eigenvalue weighted by Crippen LogP contribution is -2.19. The van der Waals surface area contributed by atoms with E-state index in [1.54, 1.807) is 13.0 Å². The van der Waals surface area contributed by atoms with Gasteiger partial charge in [-0.2, -0.15) is 0 Å². The van der Waals surface area contributed by atoms with Gasteiger partial charge in [0, 0.05) is 11.6 Å². The van der Waals surface area contributed by atoms with Crippen LogP contribution in [0.1, 0.15) is 24.0 Å². The quantitative estimate of drug-likeness (QED) is 0.738. The van der Waals surface area contributed by atoms with E-state index < -0.39 is 0 Å². The zero-order chi connectivity index (χ0) is 12.7. The lowest BCUT2D eigenvalue weighted by molar-refractivity contribution is 0.284. The second-order valence-electron chi connectivity index (χ2n) is 4.12. The third-order valence-corrected chi connectivity index (χ3v) is 3.01. The van der Waals surface area contributed by atoms with Gasteiger partial charge in [-0.15, -0.1) is 0 Å². The van der Waals surface area contributed by atoms with Crippen molar-refractivity contribution in [1.29, 1.82) is 0 Å². The number of hydrogen-bond donors (Lipinski definition) is 2. The summed E-state index contributed by atoms with van der Waals surface area (Å²) in [6.45, 7) is 3.58. The van der Waals surface area contributed by atoms with Crippen molar-refractivity contribution in [3.05, 3.63) is 34.1 Å². The molecule has 0 unspecified atom stereocenters. The molecule has 0 spiro atoms. The number of aliphatic hydroxyl groups excluding tert-OH is 1. The lowest BCUT2D eigenvalue weighted by atomic mass is 10.1. The molecule has 0 saturated carbocycles. The van der Waals surface area contributed by atoms with Gasteiger partial charge in [-0.1, -0.05) is 11.6 Å². The molecule has 96 valence electrons. The first kappa shape index (κ1) is 14.4. The van der Waals surface area contributed by atoms with E-state index in [0.717, 1.165) is 37.9 Å². The summed E-state index contributed by atoms with van der Waals surface area (Å²) in [6.07, 6.45) is 2.48. The largest absolute Gasteiger partial charge is 0.396 e. The zero-order valence-electron chi connectivity index (χ0n) is 10.1. The molecule has 1 aromatic rings. The Balaban J connectivity index is 2.34. The van der Waals surface area contributed by atoms with Crippen LogP contribution >= 0.6 is 11.6 Å². The third-order valence-electron chi connectivity index (χ3n) is 2.66. The van der Waals surface area contributed by atoms with Gasteiger partial charge in [0.1, 0.15) is 5.82 Å². The molecule has 0 aliphatic rings. The highest BCUT2D eigenvalue weighted by molar-refractivity contribution is 6.31. The molecular weight excluding hydrogens is 241 g/mol. The predicted octanol–water partition coefficient (Wildman–Crippen LogP) is 2.69. The highest BCUT2D eigenvalue weighted by Gasteiger charge is 2.05. The van der Waals surface area contributed by atoms with Crippen LogP contribution in [0.4, 0.5) is 4.39 Å². The van der Waals surface area contributed by atoms with E-state index >= 15 is 0 Å². The average molecular weight is 260 g/mol. The highest BCUT2D eigenvalue weighted by atomic mass is 35.5. The predicted molar refractivity (Wildman–Crippen MR) is 69.0 cm³/mol. The van der Waals surface area contributed by atoms with Crippen LogP contribution in [0.3, 0.4) is 0 Å². The fraction of sp³-hybridized carbons (Fsp3) is 0.538.